The highest BCUT2D eigenvalue weighted by atomic mass is 16.2. The summed E-state index contributed by atoms with van der Waals surface area (Å²) in [7, 11) is 0. The first-order valence-corrected chi connectivity index (χ1v) is 8.46. The van der Waals surface area contributed by atoms with Gasteiger partial charge in [0.05, 0.1) is 5.54 Å². The molecule has 0 saturated carbocycles. The van der Waals surface area contributed by atoms with E-state index in [9.17, 15) is 4.79 Å². The minimum absolute atomic E-state index is 0.299. The Bertz CT molecular complexity index is 344. The number of amides is 1. The third kappa shape index (κ3) is 3.76. The smallest absolute Gasteiger partial charge is 0.242 e. The molecule has 2 saturated heterocycles. The van der Waals surface area contributed by atoms with Crippen LogP contribution in [0.4, 0.5) is 0 Å². The normalized spacial score (nSPS) is 24.1. The second-order valence-electron chi connectivity index (χ2n) is 6.88. The van der Waals surface area contributed by atoms with Gasteiger partial charge in [0.2, 0.25) is 5.91 Å². The van der Waals surface area contributed by atoms with Crippen LogP contribution < -0.4 is 5.32 Å². The number of carbonyl (C=O) groups is 1. The van der Waals surface area contributed by atoms with Crippen LogP contribution in [0.2, 0.25) is 0 Å². The quantitative estimate of drug-likeness (QED) is 0.825. The van der Waals surface area contributed by atoms with Gasteiger partial charge in [-0.2, -0.15) is 0 Å². The molecule has 1 N–H and O–H groups in total. The maximum absolute atomic E-state index is 12.9. The van der Waals surface area contributed by atoms with Crippen LogP contribution in [0.3, 0.4) is 0 Å². The van der Waals surface area contributed by atoms with Crippen LogP contribution >= 0.6 is 0 Å². The van der Waals surface area contributed by atoms with Gasteiger partial charge < -0.3 is 10.2 Å². The van der Waals surface area contributed by atoms with Crippen LogP contribution in [0, 0.1) is 0 Å². The van der Waals surface area contributed by atoms with Gasteiger partial charge in [0.15, 0.2) is 0 Å². The Balaban J connectivity index is 1.91. The number of hydrogen-bond acceptors (Lipinski definition) is 4. The predicted molar refractivity (Wildman–Crippen MR) is 86.4 cm³/mol. The van der Waals surface area contributed by atoms with Gasteiger partial charge in [-0.05, 0) is 27.2 Å². The van der Waals surface area contributed by atoms with E-state index >= 15 is 0 Å². The van der Waals surface area contributed by atoms with E-state index in [1.807, 2.05) is 0 Å². The Kier molecular flexibility index (Phi) is 5.63. The first-order valence-electron chi connectivity index (χ1n) is 8.46. The lowest BCUT2D eigenvalue weighted by Gasteiger charge is -2.45. The first kappa shape index (κ1) is 16.7. The lowest BCUT2D eigenvalue weighted by Crippen LogP contribution is -2.63. The zero-order valence-corrected chi connectivity index (χ0v) is 14.2. The summed E-state index contributed by atoms with van der Waals surface area (Å²) >= 11 is 0. The van der Waals surface area contributed by atoms with Crippen LogP contribution in [0.25, 0.3) is 0 Å². The van der Waals surface area contributed by atoms with Gasteiger partial charge in [-0.3, -0.25) is 14.6 Å². The van der Waals surface area contributed by atoms with Gasteiger partial charge in [0.25, 0.3) is 0 Å². The highest BCUT2D eigenvalue weighted by Crippen LogP contribution is 2.20. The molecule has 0 aromatic carbocycles. The molecule has 1 unspecified atom stereocenters. The van der Waals surface area contributed by atoms with Gasteiger partial charge in [-0.1, -0.05) is 6.92 Å². The molecule has 1 amide bonds. The third-order valence-corrected chi connectivity index (χ3v) is 5.25. The van der Waals surface area contributed by atoms with Crippen molar-refractivity contribution in [3.8, 4) is 0 Å². The zero-order valence-electron chi connectivity index (χ0n) is 14.2. The molecule has 0 aliphatic carbocycles. The van der Waals surface area contributed by atoms with Gasteiger partial charge >= 0.3 is 0 Å². The Labute approximate surface area is 129 Å². The summed E-state index contributed by atoms with van der Waals surface area (Å²) in [5.41, 5.74) is -0.374. The molecule has 122 valence electrons. The maximum atomic E-state index is 12.9. The molecular weight excluding hydrogens is 264 g/mol. The Morgan fingerprint density at radius 3 is 2.19 bits per heavy atom. The SMILES string of the molecule is CCC(C)N1CCN(C(=O)C(C)(C)N2CCNCC2)CC1. The molecule has 2 aliphatic rings. The number of piperazine rings is 2. The molecule has 2 rings (SSSR count). The van der Waals surface area contributed by atoms with Gasteiger partial charge in [0, 0.05) is 58.4 Å². The molecule has 2 heterocycles. The van der Waals surface area contributed by atoms with Crippen molar-refractivity contribution in [2.24, 2.45) is 0 Å². The second kappa shape index (κ2) is 7.07. The van der Waals surface area contributed by atoms with Gasteiger partial charge in [0.1, 0.15) is 0 Å². The van der Waals surface area contributed by atoms with E-state index in [0.29, 0.717) is 11.9 Å². The van der Waals surface area contributed by atoms with E-state index in [2.05, 4.69) is 47.7 Å². The lowest BCUT2D eigenvalue weighted by atomic mass is 9.99. The fourth-order valence-electron chi connectivity index (χ4n) is 3.37. The minimum Gasteiger partial charge on any atom is -0.339 e. The molecule has 21 heavy (non-hydrogen) atoms. The van der Waals surface area contributed by atoms with Gasteiger partial charge in [-0.15, -0.1) is 0 Å². The van der Waals surface area contributed by atoms with Crippen molar-refractivity contribution in [1.29, 1.82) is 0 Å². The fraction of sp³-hybridized carbons (Fsp3) is 0.938. The van der Waals surface area contributed by atoms with Crippen molar-refractivity contribution in [3.05, 3.63) is 0 Å². The van der Waals surface area contributed by atoms with E-state index in [1.54, 1.807) is 0 Å². The number of hydrogen-bond donors (Lipinski definition) is 1. The highest BCUT2D eigenvalue weighted by molar-refractivity contribution is 5.85. The summed E-state index contributed by atoms with van der Waals surface area (Å²) in [6, 6.07) is 0.628. The monoisotopic (exact) mass is 296 g/mol. The van der Waals surface area contributed by atoms with Crippen molar-refractivity contribution in [3.63, 3.8) is 0 Å². The van der Waals surface area contributed by atoms with Crippen molar-refractivity contribution < 1.29 is 4.79 Å². The van der Waals surface area contributed by atoms with Crippen LogP contribution in [0.1, 0.15) is 34.1 Å². The van der Waals surface area contributed by atoms with Gasteiger partial charge in [-0.25, -0.2) is 0 Å². The average molecular weight is 296 g/mol. The number of nitrogens with one attached hydrogen (secondary N) is 1. The highest BCUT2D eigenvalue weighted by Gasteiger charge is 2.39. The molecule has 0 aromatic heterocycles. The summed E-state index contributed by atoms with van der Waals surface area (Å²) in [4.78, 5) is 19.8. The van der Waals surface area contributed by atoms with Crippen molar-refractivity contribution in [2.45, 2.75) is 45.7 Å². The molecule has 5 heteroatoms. The van der Waals surface area contributed by atoms with E-state index in [0.717, 1.165) is 52.4 Å². The van der Waals surface area contributed by atoms with E-state index in [4.69, 9.17) is 0 Å². The van der Waals surface area contributed by atoms with Crippen LogP contribution in [-0.4, -0.2) is 84.5 Å². The number of carbonyl (C=O) groups excluding carboxylic acids is 1. The summed E-state index contributed by atoms with van der Waals surface area (Å²) in [6.45, 7) is 16.4. The zero-order chi connectivity index (χ0) is 15.5. The lowest BCUT2D eigenvalue weighted by molar-refractivity contribution is -0.145. The first-order chi connectivity index (χ1) is 9.96. The average Bonchev–Trinajstić information content (AvgIpc) is 2.54. The maximum Gasteiger partial charge on any atom is 0.242 e. The molecule has 5 nitrogen and oxygen atoms in total. The van der Waals surface area contributed by atoms with Crippen LogP contribution in [0.15, 0.2) is 0 Å². The number of rotatable bonds is 4. The van der Waals surface area contributed by atoms with Crippen LogP contribution in [0.5, 0.6) is 0 Å². The minimum atomic E-state index is -0.374. The Hall–Kier alpha value is -0.650. The summed E-state index contributed by atoms with van der Waals surface area (Å²) in [5.74, 6) is 0.299. The topological polar surface area (TPSA) is 38.8 Å². The summed E-state index contributed by atoms with van der Waals surface area (Å²) in [5, 5.41) is 3.36. The largest absolute Gasteiger partial charge is 0.339 e. The molecule has 0 bridgehead atoms. The Morgan fingerprint density at radius 2 is 1.67 bits per heavy atom. The molecular formula is C16H32N4O. The van der Waals surface area contributed by atoms with Crippen molar-refractivity contribution >= 4 is 5.91 Å². The molecule has 0 spiro atoms. The standard InChI is InChI=1S/C16H32N4O/c1-5-14(2)18-10-12-19(13-11-18)15(21)16(3,4)20-8-6-17-7-9-20/h14,17H,5-13H2,1-4H3. The number of nitrogens with zero attached hydrogens (tertiary/aromatic N) is 3. The fourth-order valence-corrected chi connectivity index (χ4v) is 3.37. The molecule has 0 aromatic rings. The molecule has 2 aliphatic heterocycles. The molecule has 0 radical (unpaired) electrons. The predicted octanol–water partition coefficient (Wildman–Crippen LogP) is 0.613. The second-order valence-corrected chi connectivity index (χ2v) is 6.88. The van der Waals surface area contributed by atoms with E-state index in [-0.39, 0.29) is 5.54 Å². The molecule has 2 fully saturated rings. The Morgan fingerprint density at radius 1 is 1.10 bits per heavy atom. The van der Waals surface area contributed by atoms with Crippen LogP contribution in [-0.2, 0) is 4.79 Å². The van der Waals surface area contributed by atoms with Crippen molar-refractivity contribution in [1.82, 2.24) is 20.0 Å². The van der Waals surface area contributed by atoms with E-state index < -0.39 is 0 Å². The summed E-state index contributed by atoms with van der Waals surface area (Å²) in [6.07, 6.45) is 1.18. The van der Waals surface area contributed by atoms with E-state index in [1.165, 1.54) is 6.42 Å². The third-order valence-electron chi connectivity index (χ3n) is 5.25. The molecule has 1 atom stereocenters. The van der Waals surface area contributed by atoms with Crippen molar-refractivity contribution in [2.75, 3.05) is 52.4 Å². The summed E-state index contributed by atoms with van der Waals surface area (Å²) < 4.78 is 0.